The summed E-state index contributed by atoms with van der Waals surface area (Å²) < 4.78 is 39.4. The number of aryl methyl sites for hydroxylation is 1. The Bertz CT molecular complexity index is 725. The van der Waals surface area contributed by atoms with Crippen LogP contribution in [-0.4, -0.2) is 21.7 Å². The summed E-state index contributed by atoms with van der Waals surface area (Å²) >= 11 is 0. The van der Waals surface area contributed by atoms with Crippen LogP contribution in [0.25, 0.3) is 10.9 Å². The fourth-order valence-electron chi connectivity index (χ4n) is 2.17. The fourth-order valence-corrected chi connectivity index (χ4v) is 2.17. The number of hydrogen-bond acceptors (Lipinski definition) is 4. The van der Waals surface area contributed by atoms with Crippen molar-refractivity contribution in [1.29, 1.82) is 0 Å². The minimum Gasteiger partial charge on any atom is -0.396 e. The highest BCUT2D eigenvalue weighted by Gasteiger charge is 2.35. The minimum atomic E-state index is -4.62. The topological polar surface area (TPSA) is 92.0 Å². The molecule has 1 aromatic heterocycles. The number of rotatable bonds is 3. The number of nitrogens with two attached hydrogens (primary N) is 1. The second kappa shape index (κ2) is 5.45. The van der Waals surface area contributed by atoms with Crippen LogP contribution in [0, 0.1) is 6.92 Å². The largest absolute Gasteiger partial charge is 0.416 e. The van der Waals surface area contributed by atoms with Crippen molar-refractivity contribution in [1.82, 2.24) is 9.97 Å². The van der Waals surface area contributed by atoms with Crippen molar-refractivity contribution in [2.75, 3.05) is 6.61 Å². The monoisotopic (exact) mass is 301 g/mol. The zero-order valence-corrected chi connectivity index (χ0v) is 11.2. The molecule has 8 heteroatoms. The molecule has 0 saturated heterocycles. The van der Waals surface area contributed by atoms with Crippen molar-refractivity contribution in [3.8, 4) is 0 Å². The molecular formula is C13H14F3N3O2. The molecule has 21 heavy (non-hydrogen) atoms. The van der Waals surface area contributed by atoms with E-state index in [-0.39, 0.29) is 35.3 Å². The van der Waals surface area contributed by atoms with Gasteiger partial charge in [0.1, 0.15) is 5.82 Å². The molecule has 0 amide bonds. The van der Waals surface area contributed by atoms with Gasteiger partial charge in [-0.25, -0.2) is 4.98 Å². The van der Waals surface area contributed by atoms with Crippen LogP contribution < -0.4 is 11.3 Å². The number of benzene rings is 1. The SMILES string of the molecule is Cc1nc2cc(C(F)(F)F)c(C(N)CCO)cc2c(=O)[nH]1. The van der Waals surface area contributed by atoms with Gasteiger partial charge >= 0.3 is 6.18 Å². The number of fused-ring (bicyclic) bond motifs is 1. The number of hydrogen-bond donors (Lipinski definition) is 3. The maximum absolute atomic E-state index is 13.1. The van der Waals surface area contributed by atoms with Crippen LogP contribution in [0.3, 0.4) is 0 Å². The van der Waals surface area contributed by atoms with Gasteiger partial charge in [-0.2, -0.15) is 13.2 Å². The van der Waals surface area contributed by atoms with Gasteiger partial charge in [-0.3, -0.25) is 4.79 Å². The molecule has 0 aliphatic carbocycles. The first-order valence-corrected chi connectivity index (χ1v) is 6.22. The van der Waals surface area contributed by atoms with Crippen LogP contribution in [-0.2, 0) is 6.18 Å². The van der Waals surface area contributed by atoms with Crippen molar-refractivity contribution in [2.24, 2.45) is 5.73 Å². The number of aliphatic hydroxyl groups excluding tert-OH is 1. The number of halogens is 3. The van der Waals surface area contributed by atoms with E-state index in [4.69, 9.17) is 10.8 Å². The molecule has 4 N–H and O–H groups in total. The standard InChI is InChI=1S/C13H14F3N3O2/c1-6-18-11-5-9(13(14,15)16)7(10(17)2-3-20)4-8(11)12(21)19-6/h4-5,10,20H,2-3,17H2,1H3,(H,18,19,21). The van der Waals surface area contributed by atoms with E-state index in [1.165, 1.54) is 6.92 Å². The van der Waals surface area contributed by atoms with Gasteiger partial charge in [-0.1, -0.05) is 0 Å². The van der Waals surface area contributed by atoms with E-state index in [9.17, 15) is 18.0 Å². The lowest BCUT2D eigenvalue weighted by Crippen LogP contribution is -2.20. The number of aromatic nitrogens is 2. The molecule has 1 atom stereocenters. The molecule has 0 radical (unpaired) electrons. The molecule has 0 aliphatic rings. The minimum absolute atomic E-state index is 0.0359. The summed E-state index contributed by atoms with van der Waals surface area (Å²) in [6.07, 6.45) is -4.65. The maximum atomic E-state index is 13.1. The van der Waals surface area contributed by atoms with E-state index < -0.39 is 23.3 Å². The summed E-state index contributed by atoms with van der Waals surface area (Å²) in [6, 6.07) is 0.908. The lowest BCUT2D eigenvalue weighted by Gasteiger charge is -2.18. The van der Waals surface area contributed by atoms with Crippen LogP contribution >= 0.6 is 0 Å². The van der Waals surface area contributed by atoms with Crippen molar-refractivity contribution >= 4 is 10.9 Å². The summed E-state index contributed by atoms with van der Waals surface area (Å²) in [5.74, 6) is 0.230. The van der Waals surface area contributed by atoms with Crippen molar-refractivity contribution in [3.63, 3.8) is 0 Å². The van der Waals surface area contributed by atoms with E-state index >= 15 is 0 Å². The normalized spacial score (nSPS) is 13.6. The Hall–Kier alpha value is -1.93. The Labute approximate surface area is 117 Å². The molecule has 5 nitrogen and oxygen atoms in total. The van der Waals surface area contributed by atoms with Crippen LogP contribution in [0.4, 0.5) is 13.2 Å². The smallest absolute Gasteiger partial charge is 0.396 e. The molecule has 0 spiro atoms. The van der Waals surface area contributed by atoms with E-state index in [0.717, 1.165) is 12.1 Å². The predicted molar refractivity (Wildman–Crippen MR) is 70.7 cm³/mol. The fraction of sp³-hybridized carbons (Fsp3) is 0.385. The summed E-state index contributed by atoms with van der Waals surface area (Å²) in [6.45, 7) is 1.14. The van der Waals surface area contributed by atoms with Crippen LogP contribution in [0.15, 0.2) is 16.9 Å². The summed E-state index contributed by atoms with van der Waals surface area (Å²) in [7, 11) is 0. The molecular weight excluding hydrogens is 287 g/mol. The second-order valence-corrected chi connectivity index (χ2v) is 4.72. The second-order valence-electron chi connectivity index (χ2n) is 4.72. The van der Waals surface area contributed by atoms with E-state index in [1.54, 1.807) is 0 Å². The third-order valence-electron chi connectivity index (χ3n) is 3.14. The Morgan fingerprint density at radius 3 is 2.67 bits per heavy atom. The lowest BCUT2D eigenvalue weighted by molar-refractivity contribution is -0.138. The molecule has 1 unspecified atom stereocenters. The average Bonchev–Trinajstić information content (AvgIpc) is 2.36. The van der Waals surface area contributed by atoms with Crippen molar-refractivity contribution in [2.45, 2.75) is 25.6 Å². The molecule has 0 saturated carbocycles. The molecule has 1 aromatic carbocycles. The maximum Gasteiger partial charge on any atom is 0.416 e. The lowest BCUT2D eigenvalue weighted by atomic mass is 9.96. The molecule has 0 aliphatic heterocycles. The van der Waals surface area contributed by atoms with Crippen LogP contribution in [0.1, 0.15) is 29.4 Å². The van der Waals surface area contributed by atoms with Crippen molar-refractivity contribution in [3.05, 3.63) is 39.4 Å². The highest BCUT2D eigenvalue weighted by Crippen LogP contribution is 2.36. The number of aromatic amines is 1. The highest BCUT2D eigenvalue weighted by atomic mass is 19.4. The van der Waals surface area contributed by atoms with E-state index in [1.807, 2.05) is 0 Å². The zero-order chi connectivity index (χ0) is 15.8. The molecule has 1 heterocycles. The van der Waals surface area contributed by atoms with E-state index in [0.29, 0.717) is 0 Å². The number of nitrogens with zero attached hydrogens (tertiary/aromatic N) is 1. The molecule has 114 valence electrons. The quantitative estimate of drug-likeness (QED) is 0.803. The number of nitrogens with one attached hydrogen (secondary N) is 1. The summed E-state index contributed by atoms with van der Waals surface area (Å²) in [4.78, 5) is 18.2. The molecule has 2 rings (SSSR count). The average molecular weight is 301 g/mol. The van der Waals surface area contributed by atoms with E-state index in [2.05, 4.69) is 9.97 Å². The Morgan fingerprint density at radius 2 is 2.10 bits per heavy atom. The first-order valence-electron chi connectivity index (χ1n) is 6.22. The number of H-pyrrole nitrogens is 1. The van der Waals surface area contributed by atoms with Crippen LogP contribution in [0.5, 0.6) is 0 Å². The Balaban J connectivity index is 2.78. The molecule has 0 fully saturated rings. The predicted octanol–water partition coefficient (Wildman–Crippen LogP) is 1.63. The number of aliphatic hydroxyl groups is 1. The van der Waals surface area contributed by atoms with Gasteiger partial charge < -0.3 is 15.8 Å². The van der Waals surface area contributed by atoms with Gasteiger partial charge in [0.2, 0.25) is 0 Å². The van der Waals surface area contributed by atoms with Crippen LogP contribution in [0.2, 0.25) is 0 Å². The first-order chi connectivity index (χ1) is 9.74. The summed E-state index contributed by atoms with van der Waals surface area (Å²) in [5, 5.41) is 8.89. The third kappa shape index (κ3) is 3.06. The molecule has 0 bridgehead atoms. The molecule has 2 aromatic rings. The first kappa shape index (κ1) is 15.5. The summed E-state index contributed by atoms with van der Waals surface area (Å²) in [5.41, 5.74) is 3.96. The van der Waals surface area contributed by atoms with Gasteiger partial charge in [0.15, 0.2) is 0 Å². The van der Waals surface area contributed by atoms with Gasteiger partial charge in [-0.15, -0.1) is 0 Å². The van der Waals surface area contributed by atoms with Gasteiger partial charge in [-0.05, 0) is 31.0 Å². The Morgan fingerprint density at radius 1 is 1.43 bits per heavy atom. The van der Waals surface area contributed by atoms with Gasteiger partial charge in [0, 0.05) is 12.6 Å². The zero-order valence-electron chi connectivity index (χ0n) is 11.2. The third-order valence-corrected chi connectivity index (χ3v) is 3.14. The number of alkyl halides is 3. The van der Waals surface area contributed by atoms with Gasteiger partial charge in [0.05, 0.1) is 16.5 Å². The van der Waals surface area contributed by atoms with Gasteiger partial charge in [0.25, 0.3) is 5.56 Å². The van der Waals surface area contributed by atoms with Crippen molar-refractivity contribution < 1.29 is 18.3 Å². The Kier molecular flexibility index (Phi) is 4.02. The highest BCUT2D eigenvalue weighted by molar-refractivity contribution is 5.79.